The summed E-state index contributed by atoms with van der Waals surface area (Å²) in [5, 5.41) is 8.63. The fraction of sp³-hybridized carbons (Fsp3) is 0.333. The first-order chi connectivity index (χ1) is 6.15. The molecule has 0 fully saturated rings. The number of aliphatic hydroxyl groups is 1. The molecule has 0 spiro atoms. The first-order valence-electron chi connectivity index (χ1n) is 3.96. The van der Waals surface area contributed by atoms with Gasteiger partial charge in [0.1, 0.15) is 5.82 Å². The second-order valence-electron chi connectivity index (χ2n) is 2.78. The fourth-order valence-corrected chi connectivity index (χ4v) is 1.43. The van der Waals surface area contributed by atoms with Gasteiger partial charge in [-0.3, -0.25) is 0 Å². The van der Waals surface area contributed by atoms with E-state index in [1.807, 2.05) is 0 Å². The highest BCUT2D eigenvalue weighted by atomic mass is 79.9. The van der Waals surface area contributed by atoms with Gasteiger partial charge in [0.25, 0.3) is 0 Å². The van der Waals surface area contributed by atoms with E-state index in [-0.39, 0.29) is 12.4 Å². The Hall–Kier alpha value is -0.450. The highest BCUT2D eigenvalue weighted by molar-refractivity contribution is 9.10. The van der Waals surface area contributed by atoms with Crippen molar-refractivity contribution < 1.29 is 9.50 Å². The van der Waals surface area contributed by atoms with Gasteiger partial charge < -0.3 is 10.8 Å². The second-order valence-corrected chi connectivity index (χ2v) is 3.70. The van der Waals surface area contributed by atoms with Crippen LogP contribution in [0, 0.1) is 5.82 Å². The molecule has 0 heterocycles. The maximum absolute atomic E-state index is 13.2. The van der Waals surface area contributed by atoms with E-state index in [1.54, 1.807) is 12.1 Å². The normalized spacial score (nSPS) is 12.9. The minimum Gasteiger partial charge on any atom is -0.396 e. The smallest absolute Gasteiger partial charge is 0.129 e. The van der Waals surface area contributed by atoms with Crippen molar-refractivity contribution >= 4 is 15.9 Å². The summed E-state index contributed by atoms with van der Waals surface area (Å²) < 4.78 is 13.9. The zero-order valence-electron chi connectivity index (χ0n) is 7.00. The van der Waals surface area contributed by atoms with Crippen LogP contribution < -0.4 is 5.73 Å². The summed E-state index contributed by atoms with van der Waals surface area (Å²) in [6.07, 6.45) is 0.374. The molecule has 72 valence electrons. The van der Waals surface area contributed by atoms with Crippen LogP contribution in [0.1, 0.15) is 18.0 Å². The molecule has 0 saturated heterocycles. The minimum atomic E-state index is -0.432. The van der Waals surface area contributed by atoms with Crippen LogP contribution in [0.3, 0.4) is 0 Å². The molecule has 1 aromatic carbocycles. The van der Waals surface area contributed by atoms with Crippen molar-refractivity contribution in [2.24, 2.45) is 5.73 Å². The van der Waals surface area contributed by atoms with Crippen molar-refractivity contribution in [2.45, 2.75) is 12.5 Å². The van der Waals surface area contributed by atoms with Crippen molar-refractivity contribution in [3.63, 3.8) is 0 Å². The molecule has 1 aromatic rings. The Kier molecular flexibility index (Phi) is 3.84. The van der Waals surface area contributed by atoms with Crippen LogP contribution in [0.4, 0.5) is 4.39 Å². The Morgan fingerprint density at radius 2 is 2.23 bits per heavy atom. The third-order valence-electron chi connectivity index (χ3n) is 1.80. The van der Waals surface area contributed by atoms with E-state index in [2.05, 4.69) is 15.9 Å². The van der Waals surface area contributed by atoms with Crippen molar-refractivity contribution in [3.8, 4) is 0 Å². The van der Waals surface area contributed by atoms with Crippen molar-refractivity contribution in [1.82, 2.24) is 0 Å². The van der Waals surface area contributed by atoms with Crippen molar-refractivity contribution in [3.05, 3.63) is 34.1 Å². The van der Waals surface area contributed by atoms with Crippen LogP contribution in [-0.4, -0.2) is 11.7 Å². The Labute approximate surface area is 84.7 Å². The van der Waals surface area contributed by atoms with Gasteiger partial charge in [-0.15, -0.1) is 0 Å². The second kappa shape index (κ2) is 4.69. The molecule has 0 aliphatic carbocycles. The maximum Gasteiger partial charge on any atom is 0.129 e. The molecular weight excluding hydrogens is 237 g/mol. The molecule has 13 heavy (non-hydrogen) atoms. The zero-order valence-corrected chi connectivity index (χ0v) is 8.59. The Morgan fingerprint density at radius 1 is 1.54 bits per heavy atom. The molecule has 1 atom stereocenters. The summed E-state index contributed by atoms with van der Waals surface area (Å²) in [6, 6.07) is 4.29. The highest BCUT2D eigenvalue weighted by Crippen LogP contribution is 2.21. The first-order valence-corrected chi connectivity index (χ1v) is 4.76. The molecule has 0 aliphatic heterocycles. The van der Waals surface area contributed by atoms with Crippen LogP contribution in [-0.2, 0) is 0 Å². The lowest BCUT2D eigenvalue weighted by Gasteiger charge is -2.11. The predicted molar refractivity (Wildman–Crippen MR) is 52.7 cm³/mol. The van der Waals surface area contributed by atoms with Gasteiger partial charge in [0.15, 0.2) is 0 Å². The van der Waals surface area contributed by atoms with Gasteiger partial charge in [-0.1, -0.05) is 22.0 Å². The molecule has 0 aromatic heterocycles. The number of hydrogen-bond donors (Lipinski definition) is 2. The third kappa shape index (κ3) is 2.76. The van der Waals surface area contributed by atoms with Gasteiger partial charge in [-0.2, -0.15) is 0 Å². The molecule has 0 amide bonds. The number of rotatable bonds is 3. The molecule has 0 bridgehead atoms. The first kappa shape index (κ1) is 10.6. The van der Waals surface area contributed by atoms with Crippen LogP contribution in [0.5, 0.6) is 0 Å². The SMILES string of the molecule is N[C@@H](CCO)c1ccc(Br)cc1F. The van der Waals surface area contributed by atoms with Gasteiger partial charge in [0, 0.05) is 22.7 Å². The molecule has 3 N–H and O–H groups in total. The van der Waals surface area contributed by atoms with E-state index in [4.69, 9.17) is 10.8 Å². The quantitative estimate of drug-likeness (QED) is 0.858. The van der Waals surface area contributed by atoms with E-state index in [0.29, 0.717) is 16.5 Å². The predicted octanol–water partition coefficient (Wildman–Crippen LogP) is 1.97. The molecule has 0 aliphatic rings. The average Bonchev–Trinajstić information content (AvgIpc) is 2.04. The van der Waals surface area contributed by atoms with Gasteiger partial charge in [0.05, 0.1) is 0 Å². The molecule has 0 unspecified atom stereocenters. The van der Waals surface area contributed by atoms with E-state index >= 15 is 0 Å². The maximum atomic E-state index is 13.2. The third-order valence-corrected chi connectivity index (χ3v) is 2.30. The Balaban J connectivity index is 2.88. The summed E-state index contributed by atoms with van der Waals surface area (Å²) >= 11 is 3.15. The van der Waals surface area contributed by atoms with Gasteiger partial charge >= 0.3 is 0 Å². The number of aliphatic hydroxyl groups excluding tert-OH is 1. The van der Waals surface area contributed by atoms with Crippen molar-refractivity contribution in [1.29, 1.82) is 0 Å². The van der Waals surface area contributed by atoms with E-state index < -0.39 is 6.04 Å². The lowest BCUT2D eigenvalue weighted by atomic mass is 10.0. The summed E-state index contributed by atoms with van der Waals surface area (Å²) in [5.41, 5.74) is 6.08. The lowest BCUT2D eigenvalue weighted by Crippen LogP contribution is -2.13. The Bertz CT molecular complexity index is 293. The number of halogens is 2. The molecule has 1 rings (SSSR count). The lowest BCUT2D eigenvalue weighted by molar-refractivity contribution is 0.275. The summed E-state index contributed by atoms with van der Waals surface area (Å²) in [6.45, 7) is -0.0311. The van der Waals surface area contributed by atoms with Crippen LogP contribution in [0.25, 0.3) is 0 Å². The minimum absolute atomic E-state index is 0.0311. The molecule has 2 nitrogen and oxygen atoms in total. The molecule has 0 saturated carbocycles. The highest BCUT2D eigenvalue weighted by Gasteiger charge is 2.10. The average molecular weight is 248 g/mol. The largest absolute Gasteiger partial charge is 0.396 e. The van der Waals surface area contributed by atoms with Crippen LogP contribution >= 0.6 is 15.9 Å². The topological polar surface area (TPSA) is 46.2 Å². The number of benzene rings is 1. The Morgan fingerprint density at radius 3 is 2.77 bits per heavy atom. The monoisotopic (exact) mass is 247 g/mol. The molecule has 4 heteroatoms. The fourth-order valence-electron chi connectivity index (χ4n) is 1.10. The number of hydrogen-bond acceptors (Lipinski definition) is 2. The summed E-state index contributed by atoms with van der Waals surface area (Å²) in [4.78, 5) is 0. The summed E-state index contributed by atoms with van der Waals surface area (Å²) in [5.74, 6) is -0.338. The molecular formula is C9H11BrFNO. The van der Waals surface area contributed by atoms with Crippen LogP contribution in [0.2, 0.25) is 0 Å². The van der Waals surface area contributed by atoms with Crippen molar-refractivity contribution in [2.75, 3.05) is 6.61 Å². The standard InChI is InChI=1S/C9H11BrFNO/c10-6-1-2-7(8(11)5-6)9(12)3-4-13/h1-2,5,9,13H,3-4,12H2/t9-/m0/s1. The molecule has 0 radical (unpaired) electrons. The number of nitrogens with two attached hydrogens (primary N) is 1. The van der Waals surface area contributed by atoms with Gasteiger partial charge in [-0.25, -0.2) is 4.39 Å². The van der Waals surface area contributed by atoms with Gasteiger partial charge in [0.2, 0.25) is 0 Å². The van der Waals surface area contributed by atoms with E-state index in [0.717, 1.165) is 0 Å². The van der Waals surface area contributed by atoms with E-state index in [9.17, 15) is 4.39 Å². The van der Waals surface area contributed by atoms with E-state index in [1.165, 1.54) is 6.07 Å². The van der Waals surface area contributed by atoms with Crippen LogP contribution in [0.15, 0.2) is 22.7 Å². The zero-order chi connectivity index (χ0) is 9.84. The van der Waals surface area contributed by atoms with Gasteiger partial charge in [-0.05, 0) is 18.6 Å². The summed E-state index contributed by atoms with van der Waals surface area (Å²) in [7, 11) is 0.